The topological polar surface area (TPSA) is 76.0 Å². The van der Waals surface area contributed by atoms with Crippen molar-refractivity contribution in [3.8, 4) is 0 Å². The van der Waals surface area contributed by atoms with Crippen LogP contribution in [0.4, 0.5) is 0 Å². The summed E-state index contributed by atoms with van der Waals surface area (Å²) in [7, 11) is 0. The lowest BCUT2D eigenvalue weighted by Gasteiger charge is -2.21. The van der Waals surface area contributed by atoms with Crippen molar-refractivity contribution < 1.29 is 19.5 Å². The van der Waals surface area contributed by atoms with E-state index in [0.29, 0.717) is 11.4 Å². The van der Waals surface area contributed by atoms with Gasteiger partial charge in [-0.3, -0.25) is 9.59 Å². The zero-order valence-corrected chi connectivity index (χ0v) is 13.6. The maximum absolute atomic E-state index is 12.2. The fraction of sp³-hybridized carbons (Fsp3) is 0.438. The molecule has 0 spiro atoms. The van der Waals surface area contributed by atoms with Gasteiger partial charge < -0.3 is 9.94 Å². The molecule has 0 saturated heterocycles. The highest BCUT2D eigenvalue weighted by molar-refractivity contribution is 6.30. The standard InChI is InChI=1S/C16H20ClNO4/c1-16(2,3)22-15(20)13(10-18-21)14(19)8-7-11-5-4-6-12(17)9-11/h4-6,9-10,13,21H,7-8H2,1-3H3/b18-10-. The van der Waals surface area contributed by atoms with Crippen LogP contribution in [-0.2, 0) is 20.7 Å². The third-order valence-electron chi connectivity index (χ3n) is 2.77. The summed E-state index contributed by atoms with van der Waals surface area (Å²) >= 11 is 5.88. The molecular formula is C16H20ClNO4. The van der Waals surface area contributed by atoms with Crippen molar-refractivity contribution in [1.29, 1.82) is 0 Å². The van der Waals surface area contributed by atoms with Crippen LogP contribution in [0.25, 0.3) is 0 Å². The second-order valence-corrected chi connectivity index (χ2v) is 6.31. The average Bonchev–Trinajstić information content (AvgIpc) is 2.40. The first-order chi connectivity index (χ1) is 10.2. The molecule has 0 aliphatic rings. The first kappa shape index (κ1) is 18.2. The second-order valence-electron chi connectivity index (χ2n) is 5.87. The summed E-state index contributed by atoms with van der Waals surface area (Å²) in [5.41, 5.74) is 0.177. The zero-order valence-electron chi connectivity index (χ0n) is 12.9. The van der Waals surface area contributed by atoms with Gasteiger partial charge in [-0.25, -0.2) is 0 Å². The lowest BCUT2D eigenvalue weighted by molar-refractivity contribution is -0.159. The molecule has 0 aliphatic carbocycles. The number of hydrogen-bond acceptors (Lipinski definition) is 5. The van der Waals surface area contributed by atoms with E-state index in [0.717, 1.165) is 11.8 Å². The molecular weight excluding hydrogens is 306 g/mol. The number of Topliss-reactive ketones (excluding diaryl/α,β-unsaturated/α-hetero) is 1. The van der Waals surface area contributed by atoms with Crippen LogP contribution in [-0.4, -0.2) is 28.8 Å². The maximum atomic E-state index is 12.2. The zero-order chi connectivity index (χ0) is 16.8. The Hall–Kier alpha value is -1.88. The number of ether oxygens (including phenoxy) is 1. The van der Waals surface area contributed by atoms with Gasteiger partial charge in [0.05, 0.1) is 6.21 Å². The molecule has 120 valence electrons. The molecule has 1 aromatic rings. The van der Waals surface area contributed by atoms with Gasteiger partial charge in [0.15, 0.2) is 11.7 Å². The Balaban J connectivity index is 2.71. The smallest absolute Gasteiger partial charge is 0.322 e. The number of esters is 1. The lowest BCUT2D eigenvalue weighted by atomic mass is 9.98. The minimum Gasteiger partial charge on any atom is -0.459 e. The van der Waals surface area contributed by atoms with E-state index in [9.17, 15) is 9.59 Å². The van der Waals surface area contributed by atoms with Gasteiger partial charge in [0.2, 0.25) is 0 Å². The normalized spacial score (nSPS) is 13.1. The molecule has 6 heteroatoms. The fourth-order valence-corrected chi connectivity index (χ4v) is 2.04. The first-order valence-corrected chi connectivity index (χ1v) is 7.28. The summed E-state index contributed by atoms with van der Waals surface area (Å²) in [6.45, 7) is 5.11. The van der Waals surface area contributed by atoms with Gasteiger partial charge in [0.1, 0.15) is 5.60 Å². The number of rotatable bonds is 6. The van der Waals surface area contributed by atoms with Crippen molar-refractivity contribution in [3.63, 3.8) is 0 Å². The molecule has 0 radical (unpaired) electrons. The van der Waals surface area contributed by atoms with Gasteiger partial charge in [-0.15, -0.1) is 5.16 Å². The number of nitrogens with zero attached hydrogens (tertiary/aromatic N) is 1. The van der Waals surface area contributed by atoms with E-state index in [1.807, 2.05) is 6.07 Å². The molecule has 22 heavy (non-hydrogen) atoms. The number of hydrogen-bond donors (Lipinski definition) is 1. The predicted molar refractivity (Wildman–Crippen MR) is 84.4 cm³/mol. The molecule has 5 nitrogen and oxygen atoms in total. The predicted octanol–water partition coefficient (Wildman–Crippen LogP) is 3.26. The second kappa shape index (κ2) is 7.94. The molecule has 1 unspecified atom stereocenters. The fourth-order valence-electron chi connectivity index (χ4n) is 1.82. The van der Waals surface area contributed by atoms with Gasteiger partial charge in [0, 0.05) is 11.4 Å². The molecule has 0 aliphatic heterocycles. The van der Waals surface area contributed by atoms with Crippen LogP contribution in [0.3, 0.4) is 0 Å². The largest absolute Gasteiger partial charge is 0.459 e. The summed E-state index contributed by atoms with van der Waals surface area (Å²) in [6.07, 6.45) is 1.46. The number of benzene rings is 1. The molecule has 0 aromatic heterocycles. The van der Waals surface area contributed by atoms with Gasteiger partial charge in [-0.2, -0.15) is 0 Å². The SMILES string of the molecule is CC(C)(C)OC(=O)C(/C=N\O)C(=O)CCc1cccc(Cl)c1. The van der Waals surface area contributed by atoms with Gasteiger partial charge in [-0.05, 0) is 44.9 Å². The molecule has 0 heterocycles. The molecule has 0 bridgehead atoms. The van der Waals surface area contributed by atoms with Crippen LogP contribution in [0.2, 0.25) is 5.02 Å². The van der Waals surface area contributed by atoms with E-state index >= 15 is 0 Å². The number of aryl methyl sites for hydroxylation is 1. The van der Waals surface area contributed by atoms with Crippen LogP contribution >= 0.6 is 11.6 Å². The first-order valence-electron chi connectivity index (χ1n) is 6.90. The monoisotopic (exact) mass is 325 g/mol. The third-order valence-corrected chi connectivity index (χ3v) is 3.01. The Kier molecular flexibility index (Phi) is 6.56. The highest BCUT2D eigenvalue weighted by Crippen LogP contribution is 2.15. The number of halogens is 1. The average molecular weight is 326 g/mol. The van der Waals surface area contributed by atoms with Crippen LogP contribution < -0.4 is 0 Å². The Bertz CT molecular complexity index is 564. The Labute approximate surface area is 134 Å². The van der Waals surface area contributed by atoms with Crippen molar-refractivity contribution >= 4 is 29.6 Å². The lowest BCUT2D eigenvalue weighted by Crippen LogP contribution is -2.33. The van der Waals surface area contributed by atoms with E-state index in [1.165, 1.54) is 0 Å². The Morgan fingerprint density at radius 2 is 2.09 bits per heavy atom. The van der Waals surface area contributed by atoms with E-state index in [2.05, 4.69) is 5.16 Å². The van der Waals surface area contributed by atoms with Crippen LogP contribution in [0.1, 0.15) is 32.8 Å². The Morgan fingerprint density at radius 1 is 1.41 bits per heavy atom. The van der Waals surface area contributed by atoms with Crippen LogP contribution in [0.15, 0.2) is 29.4 Å². The molecule has 1 aromatic carbocycles. The third kappa shape index (κ3) is 6.26. The van der Waals surface area contributed by atoms with E-state index in [4.69, 9.17) is 21.5 Å². The summed E-state index contributed by atoms with van der Waals surface area (Å²) in [4.78, 5) is 24.2. The van der Waals surface area contributed by atoms with Crippen LogP contribution in [0, 0.1) is 5.92 Å². The molecule has 1 rings (SSSR count). The quantitative estimate of drug-likeness (QED) is 0.286. The van der Waals surface area contributed by atoms with Crippen molar-refractivity contribution in [1.82, 2.24) is 0 Å². The van der Waals surface area contributed by atoms with Gasteiger partial charge in [-0.1, -0.05) is 23.7 Å². The number of ketones is 1. The highest BCUT2D eigenvalue weighted by atomic mass is 35.5. The van der Waals surface area contributed by atoms with Gasteiger partial charge >= 0.3 is 5.97 Å². The van der Waals surface area contributed by atoms with Crippen LogP contribution in [0.5, 0.6) is 0 Å². The summed E-state index contributed by atoms with van der Waals surface area (Å²) < 4.78 is 5.16. The molecule has 0 saturated carbocycles. The highest BCUT2D eigenvalue weighted by Gasteiger charge is 2.29. The van der Waals surface area contributed by atoms with E-state index in [-0.39, 0.29) is 12.2 Å². The molecule has 1 N–H and O–H groups in total. The van der Waals surface area contributed by atoms with Crippen molar-refractivity contribution in [3.05, 3.63) is 34.9 Å². The minimum atomic E-state index is -1.21. The summed E-state index contributed by atoms with van der Waals surface area (Å²) in [6, 6.07) is 7.15. The molecule has 0 fully saturated rings. The summed E-state index contributed by atoms with van der Waals surface area (Å²) in [5, 5.41) is 12.0. The molecule has 1 atom stereocenters. The van der Waals surface area contributed by atoms with Crippen molar-refractivity contribution in [2.45, 2.75) is 39.2 Å². The Morgan fingerprint density at radius 3 is 2.64 bits per heavy atom. The number of carbonyl (C=O) groups is 2. The van der Waals surface area contributed by atoms with Crippen molar-refractivity contribution in [2.75, 3.05) is 0 Å². The maximum Gasteiger partial charge on any atom is 0.322 e. The molecule has 0 amide bonds. The minimum absolute atomic E-state index is 0.121. The number of oxime groups is 1. The van der Waals surface area contributed by atoms with Crippen molar-refractivity contribution in [2.24, 2.45) is 11.1 Å². The van der Waals surface area contributed by atoms with E-state index in [1.54, 1.807) is 39.0 Å². The number of carbonyl (C=O) groups excluding carboxylic acids is 2. The van der Waals surface area contributed by atoms with Gasteiger partial charge in [0.25, 0.3) is 0 Å². The van der Waals surface area contributed by atoms with E-state index < -0.39 is 17.5 Å². The summed E-state index contributed by atoms with van der Waals surface area (Å²) in [5.74, 6) is -2.29.